The zero-order chi connectivity index (χ0) is 13.8. The Hall–Kier alpha value is -1.76. The van der Waals surface area contributed by atoms with Crippen LogP contribution in [0.1, 0.15) is 29.8 Å². The molecule has 98 valence electrons. The number of nitrogens with one attached hydrogen (secondary N) is 1. The molecule has 0 amide bonds. The zero-order valence-corrected chi connectivity index (χ0v) is 11.8. The summed E-state index contributed by atoms with van der Waals surface area (Å²) in [7, 11) is 1.88. The first-order chi connectivity index (χ1) is 9.10. The van der Waals surface area contributed by atoms with E-state index in [2.05, 4.69) is 24.4 Å². The lowest BCUT2D eigenvalue weighted by Crippen LogP contribution is -2.17. The number of hydrogen-bond donors (Lipinski definition) is 1. The van der Waals surface area contributed by atoms with E-state index in [1.807, 2.05) is 42.1 Å². The first-order valence-electron chi connectivity index (χ1n) is 6.14. The highest BCUT2D eigenvalue weighted by Gasteiger charge is 2.07. The summed E-state index contributed by atoms with van der Waals surface area (Å²) < 4.78 is 1.83. The Kier molecular flexibility index (Phi) is 4.26. The molecule has 0 bridgehead atoms. The second kappa shape index (κ2) is 5.92. The van der Waals surface area contributed by atoms with Gasteiger partial charge in [0.15, 0.2) is 0 Å². The highest BCUT2D eigenvalue weighted by atomic mass is 35.5. The van der Waals surface area contributed by atoms with E-state index < -0.39 is 0 Å². The van der Waals surface area contributed by atoms with Crippen molar-refractivity contribution in [3.63, 3.8) is 0 Å². The zero-order valence-electron chi connectivity index (χ0n) is 11.0. The van der Waals surface area contributed by atoms with Gasteiger partial charge < -0.3 is 9.88 Å². The van der Waals surface area contributed by atoms with Crippen molar-refractivity contribution < 1.29 is 0 Å². The lowest BCUT2D eigenvalue weighted by molar-refractivity contribution is 0.574. The fourth-order valence-corrected chi connectivity index (χ4v) is 2.20. The molecule has 3 nitrogen and oxygen atoms in total. The van der Waals surface area contributed by atoms with E-state index >= 15 is 0 Å². The van der Waals surface area contributed by atoms with Gasteiger partial charge in [-0.05, 0) is 36.2 Å². The molecule has 1 heterocycles. The van der Waals surface area contributed by atoms with Gasteiger partial charge in [0.25, 0.3) is 0 Å². The molecule has 2 aromatic rings. The molecule has 0 aliphatic heterocycles. The minimum atomic E-state index is 0.212. The predicted octanol–water partition coefficient (Wildman–Crippen LogP) is 3.40. The van der Waals surface area contributed by atoms with Crippen molar-refractivity contribution in [1.82, 2.24) is 9.88 Å². The summed E-state index contributed by atoms with van der Waals surface area (Å²) in [6, 6.07) is 12.1. The van der Waals surface area contributed by atoms with Crippen molar-refractivity contribution in [1.29, 1.82) is 5.26 Å². The molecular formula is C15H16ClN3. The third-order valence-electron chi connectivity index (χ3n) is 3.14. The van der Waals surface area contributed by atoms with Crippen LogP contribution < -0.4 is 5.32 Å². The fourth-order valence-electron chi connectivity index (χ4n) is 2.01. The number of aryl methyl sites for hydroxylation is 1. The highest BCUT2D eigenvalue weighted by molar-refractivity contribution is 6.30. The summed E-state index contributed by atoms with van der Waals surface area (Å²) in [4.78, 5) is 0. The van der Waals surface area contributed by atoms with Crippen LogP contribution in [0.25, 0.3) is 0 Å². The van der Waals surface area contributed by atoms with Crippen LogP contribution >= 0.6 is 11.6 Å². The Morgan fingerprint density at radius 1 is 1.42 bits per heavy atom. The van der Waals surface area contributed by atoms with E-state index in [1.165, 1.54) is 0 Å². The maximum absolute atomic E-state index is 8.91. The van der Waals surface area contributed by atoms with Gasteiger partial charge in [-0.3, -0.25) is 0 Å². The number of nitrogens with zero attached hydrogens (tertiary/aromatic N) is 2. The molecule has 1 N–H and O–H groups in total. The molecule has 0 fully saturated rings. The van der Waals surface area contributed by atoms with Gasteiger partial charge in [-0.25, -0.2) is 0 Å². The Balaban J connectivity index is 2.00. The smallest absolute Gasteiger partial charge is 0.120 e. The van der Waals surface area contributed by atoms with Crippen LogP contribution in [0.3, 0.4) is 0 Å². The van der Waals surface area contributed by atoms with Crippen molar-refractivity contribution in [3.05, 3.63) is 58.4 Å². The molecule has 0 spiro atoms. The second-order valence-electron chi connectivity index (χ2n) is 4.61. The first-order valence-corrected chi connectivity index (χ1v) is 6.52. The molecule has 0 radical (unpaired) electrons. The predicted molar refractivity (Wildman–Crippen MR) is 76.8 cm³/mol. The number of aromatic nitrogens is 1. The summed E-state index contributed by atoms with van der Waals surface area (Å²) in [6.45, 7) is 2.82. The molecule has 0 saturated heterocycles. The Bertz CT molecular complexity index is 610. The van der Waals surface area contributed by atoms with Crippen LogP contribution in [-0.4, -0.2) is 4.57 Å². The molecule has 1 aromatic heterocycles. The summed E-state index contributed by atoms with van der Waals surface area (Å²) in [5.74, 6) is 0. The molecule has 0 saturated carbocycles. The van der Waals surface area contributed by atoms with E-state index in [9.17, 15) is 0 Å². The van der Waals surface area contributed by atoms with Gasteiger partial charge in [0.05, 0.1) is 0 Å². The SMILES string of the molecule is C[C@H](NCc1cc(C#N)n(C)c1)c1cccc(Cl)c1. The van der Waals surface area contributed by atoms with Gasteiger partial charge in [-0.1, -0.05) is 23.7 Å². The van der Waals surface area contributed by atoms with Crippen molar-refractivity contribution in [2.24, 2.45) is 7.05 Å². The largest absolute Gasteiger partial charge is 0.342 e. The van der Waals surface area contributed by atoms with Crippen molar-refractivity contribution in [2.45, 2.75) is 19.5 Å². The number of nitriles is 1. The lowest BCUT2D eigenvalue weighted by atomic mass is 10.1. The Morgan fingerprint density at radius 2 is 2.21 bits per heavy atom. The van der Waals surface area contributed by atoms with E-state index in [0.717, 1.165) is 22.7 Å². The Morgan fingerprint density at radius 3 is 2.84 bits per heavy atom. The van der Waals surface area contributed by atoms with Crippen LogP contribution in [-0.2, 0) is 13.6 Å². The van der Waals surface area contributed by atoms with Crippen LogP contribution in [0.15, 0.2) is 36.5 Å². The molecule has 1 aromatic carbocycles. The van der Waals surface area contributed by atoms with Gasteiger partial charge in [-0.15, -0.1) is 0 Å². The topological polar surface area (TPSA) is 40.8 Å². The van der Waals surface area contributed by atoms with E-state index in [-0.39, 0.29) is 6.04 Å². The van der Waals surface area contributed by atoms with Crippen LogP contribution in [0.2, 0.25) is 5.02 Å². The number of rotatable bonds is 4. The minimum Gasteiger partial charge on any atom is -0.342 e. The quantitative estimate of drug-likeness (QED) is 0.927. The van der Waals surface area contributed by atoms with Crippen LogP contribution in [0, 0.1) is 11.3 Å². The lowest BCUT2D eigenvalue weighted by Gasteiger charge is -2.13. The van der Waals surface area contributed by atoms with Gasteiger partial charge in [0.1, 0.15) is 11.8 Å². The third-order valence-corrected chi connectivity index (χ3v) is 3.37. The van der Waals surface area contributed by atoms with Crippen LogP contribution in [0.4, 0.5) is 0 Å². The number of hydrogen-bond acceptors (Lipinski definition) is 2. The number of benzene rings is 1. The Labute approximate surface area is 118 Å². The maximum Gasteiger partial charge on any atom is 0.120 e. The van der Waals surface area contributed by atoms with E-state index in [1.54, 1.807) is 0 Å². The van der Waals surface area contributed by atoms with E-state index in [4.69, 9.17) is 16.9 Å². The van der Waals surface area contributed by atoms with E-state index in [0.29, 0.717) is 5.69 Å². The van der Waals surface area contributed by atoms with Crippen molar-refractivity contribution in [2.75, 3.05) is 0 Å². The van der Waals surface area contributed by atoms with Gasteiger partial charge in [0, 0.05) is 30.9 Å². The normalized spacial score (nSPS) is 12.1. The molecule has 4 heteroatoms. The summed E-state index contributed by atoms with van der Waals surface area (Å²) in [5, 5.41) is 13.1. The standard InChI is InChI=1S/C15H16ClN3/c1-11(13-4-3-5-14(16)7-13)18-9-12-6-15(8-17)19(2)10-12/h3-7,10-11,18H,9H2,1-2H3/t11-/m0/s1. The van der Waals surface area contributed by atoms with Gasteiger partial charge in [0.2, 0.25) is 0 Å². The molecule has 0 aliphatic carbocycles. The fraction of sp³-hybridized carbons (Fsp3) is 0.267. The number of halogens is 1. The average molecular weight is 274 g/mol. The summed E-state index contributed by atoms with van der Waals surface area (Å²) >= 11 is 5.98. The minimum absolute atomic E-state index is 0.212. The molecular weight excluding hydrogens is 258 g/mol. The third kappa shape index (κ3) is 3.37. The molecule has 2 rings (SSSR count). The van der Waals surface area contributed by atoms with Crippen molar-refractivity contribution >= 4 is 11.6 Å². The van der Waals surface area contributed by atoms with Gasteiger partial charge in [-0.2, -0.15) is 5.26 Å². The van der Waals surface area contributed by atoms with Crippen molar-refractivity contribution in [3.8, 4) is 6.07 Å². The van der Waals surface area contributed by atoms with Gasteiger partial charge >= 0.3 is 0 Å². The summed E-state index contributed by atoms with van der Waals surface area (Å²) in [6.07, 6.45) is 1.97. The van der Waals surface area contributed by atoms with Crippen LogP contribution in [0.5, 0.6) is 0 Å². The maximum atomic E-state index is 8.91. The second-order valence-corrected chi connectivity index (χ2v) is 5.05. The monoisotopic (exact) mass is 273 g/mol. The molecule has 0 aliphatic rings. The molecule has 1 atom stereocenters. The summed E-state index contributed by atoms with van der Waals surface area (Å²) in [5.41, 5.74) is 2.93. The average Bonchev–Trinajstić information content (AvgIpc) is 2.76. The highest BCUT2D eigenvalue weighted by Crippen LogP contribution is 2.18. The molecule has 19 heavy (non-hydrogen) atoms. The molecule has 0 unspecified atom stereocenters. The first kappa shape index (κ1) is 13.7.